The molecule has 0 saturated heterocycles. The Hall–Kier alpha value is -1.78. The fourth-order valence-corrected chi connectivity index (χ4v) is 5.96. The van der Waals surface area contributed by atoms with Crippen LogP contribution in [0, 0.1) is 6.92 Å². The second kappa shape index (κ2) is 9.82. The molecule has 1 aliphatic rings. The Labute approximate surface area is 175 Å². The molecule has 0 aliphatic heterocycles. The Morgan fingerprint density at radius 1 is 1.24 bits per heavy atom. The van der Waals surface area contributed by atoms with Gasteiger partial charge in [-0.2, -0.15) is 4.98 Å². The van der Waals surface area contributed by atoms with Gasteiger partial charge in [0.1, 0.15) is 0 Å². The number of nitrogens with one attached hydrogen (secondary N) is 2. The number of hydrogen-bond acceptors (Lipinski definition) is 7. The third kappa shape index (κ3) is 5.86. The second-order valence-electron chi connectivity index (χ2n) is 7.33. The number of sulfonamides is 1. The molecule has 0 radical (unpaired) electrons. The van der Waals surface area contributed by atoms with Gasteiger partial charge in [0.2, 0.25) is 27.6 Å². The van der Waals surface area contributed by atoms with Crippen molar-refractivity contribution < 1.29 is 17.7 Å². The van der Waals surface area contributed by atoms with Gasteiger partial charge in [-0.1, -0.05) is 44.2 Å². The van der Waals surface area contributed by atoms with Crippen molar-refractivity contribution in [3.8, 4) is 10.7 Å². The summed E-state index contributed by atoms with van der Waals surface area (Å²) in [5.41, 5.74) is 0. The lowest BCUT2D eigenvalue weighted by Gasteiger charge is -2.21. The van der Waals surface area contributed by atoms with Crippen LogP contribution < -0.4 is 10.0 Å². The maximum atomic E-state index is 12.7. The summed E-state index contributed by atoms with van der Waals surface area (Å²) in [4.78, 5) is 17.9. The minimum absolute atomic E-state index is 0.132. The lowest BCUT2D eigenvalue weighted by atomic mass is 9.97. The van der Waals surface area contributed by atoms with Crippen molar-refractivity contribution >= 4 is 27.3 Å². The fraction of sp³-hybridized carbons (Fsp3) is 0.632. The molecular formula is C19H28N4O4S2. The summed E-state index contributed by atoms with van der Waals surface area (Å²) < 4.78 is 32.9. The lowest BCUT2D eigenvalue weighted by molar-refractivity contribution is -0.120. The zero-order chi connectivity index (χ0) is 20.9. The van der Waals surface area contributed by atoms with E-state index >= 15 is 0 Å². The third-order valence-corrected chi connectivity index (χ3v) is 7.75. The number of hydrogen-bond donors (Lipinski definition) is 2. The molecule has 1 fully saturated rings. The quantitative estimate of drug-likeness (QED) is 0.683. The molecule has 0 aromatic carbocycles. The number of rotatable bonds is 7. The van der Waals surface area contributed by atoms with E-state index in [1.807, 2.05) is 6.92 Å². The van der Waals surface area contributed by atoms with Gasteiger partial charge >= 0.3 is 0 Å². The van der Waals surface area contributed by atoms with Gasteiger partial charge in [-0.25, -0.2) is 13.1 Å². The molecule has 3 rings (SSSR count). The van der Waals surface area contributed by atoms with E-state index < -0.39 is 10.0 Å². The average molecular weight is 441 g/mol. The molecule has 1 amide bonds. The van der Waals surface area contributed by atoms with Gasteiger partial charge < -0.3 is 9.84 Å². The number of aromatic nitrogens is 2. The zero-order valence-electron chi connectivity index (χ0n) is 16.9. The molecule has 8 nitrogen and oxygen atoms in total. The Bertz CT molecular complexity index is 928. The van der Waals surface area contributed by atoms with E-state index in [1.54, 1.807) is 6.92 Å². The lowest BCUT2D eigenvalue weighted by Crippen LogP contribution is -2.42. The van der Waals surface area contributed by atoms with Gasteiger partial charge in [0, 0.05) is 17.3 Å². The number of thiophene rings is 1. The summed E-state index contributed by atoms with van der Waals surface area (Å²) in [5.74, 6) is 0.580. The molecule has 1 aliphatic carbocycles. The average Bonchev–Trinajstić information content (AvgIpc) is 3.29. The molecule has 2 aromatic rings. The minimum Gasteiger partial charge on any atom is -0.352 e. The van der Waals surface area contributed by atoms with Crippen LogP contribution in [0.15, 0.2) is 15.5 Å². The number of amides is 1. The first-order valence-electron chi connectivity index (χ1n) is 10.1. The standard InChI is InChI=1S/C19H28N4O4S2/c1-3-18-22-19(23-27-18)15-11-16(13(2)28-15)29(25,26)20-12-17(24)21-14-9-7-5-4-6-8-10-14/h11,14,20H,3-10,12H2,1-2H3,(H,21,24). The van der Waals surface area contributed by atoms with E-state index in [1.165, 1.54) is 36.7 Å². The summed E-state index contributed by atoms with van der Waals surface area (Å²) in [6, 6.07) is 1.66. The van der Waals surface area contributed by atoms with Crippen molar-refractivity contribution in [2.75, 3.05) is 6.54 Å². The van der Waals surface area contributed by atoms with Gasteiger partial charge in [0.05, 0.1) is 16.3 Å². The van der Waals surface area contributed by atoms with Gasteiger partial charge in [0.15, 0.2) is 0 Å². The van der Waals surface area contributed by atoms with E-state index in [4.69, 9.17) is 4.52 Å². The van der Waals surface area contributed by atoms with Crippen molar-refractivity contribution in [1.29, 1.82) is 0 Å². The van der Waals surface area contributed by atoms with Crippen molar-refractivity contribution in [3.63, 3.8) is 0 Å². The molecule has 0 spiro atoms. The molecule has 2 N–H and O–H groups in total. The van der Waals surface area contributed by atoms with Crippen LogP contribution in [0.1, 0.15) is 62.6 Å². The normalized spacial score (nSPS) is 16.3. The Balaban J connectivity index is 1.61. The summed E-state index contributed by atoms with van der Waals surface area (Å²) in [6.45, 7) is 3.35. The number of carbonyl (C=O) groups is 1. The highest BCUT2D eigenvalue weighted by Crippen LogP contribution is 2.32. The maximum Gasteiger partial charge on any atom is 0.242 e. The van der Waals surface area contributed by atoms with E-state index in [0.29, 0.717) is 27.9 Å². The number of carbonyl (C=O) groups excluding carboxylic acids is 1. The zero-order valence-corrected chi connectivity index (χ0v) is 18.5. The van der Waals surface area contributed by atoms with Gasteiger partial charge in [-0.15, -0.1) is 11.3 Å². The van der Waals surface area contributed by atoms with Crippen LogP contribution in [0.25, 0.3) is 10.7 Å². The van der Waals surface area contributed by atoms with Crippen molar-refractivity contribution in [2.45, 2.75) is 76.2 Å². The number of nitrogens with zero attached hydrogens (tertiary/aromatic N) is 2. The Kier molecular flexibility index (Phi) is 7.42. The molecule has 2 aromatic heterocycles. The summed E-state index contributed by atoms with van der Waals surface area (Å²) in [6.07, 6.45) is 8.36. The van der Waals surface area contributed by atoms with E-state index in [2.05, 4.69) is 20.2 Å². The van der Waals surface area contributed by atoms with E-state index in [-0.39, 0.29) is 23.4 Å². The molecule has 160 valence electrons. The van der Waals surface area contributed by atoms with Crippen LogP contribution in [0.5, 0.6) is 0 Å². The van der Waals surface area contributed by atoms with Crippen LogP contribution in [0.4, 0.5) is 0 Å². The van der Waals surface area contributed by atoms with Crippen LogP contribution in [0.3, 0.4) is 0 Å². The van der Waals surface area contributed by atoms with Crippen molar-refractivity contribution in [3.05, 3.63) is 16.8 Å². The summed E-state index contributed by atoms with van der Waals surface area (Å²) in [7, 11) is -3.81. The Morgan fingerprint density at radius 3 is 2.59 bits per heavy atom. The predicted octanol–water partition coefficient (Wildman–Crippen LogP) is 3.18. The molecule has 0 unspecified atom stereocenters. The fourth-order valence-electron chi connectivity index (χ4n) is 3.46. The highest BCUT2D eigenvalue weighted by atomic mass is 32.2. The predicted molar refractivity (Wildman–Crippen MR) is 111 cm³/mol. The molecule has 0 bridgehead atoms. The minimum atomic E-state index is -3.81. The van der Waals surface area contributed by atoms with E-state index in [0.717, 1.165) is 25.7 Å². The molecule has 29 heavy (non-hydrogen) atoms. The van der Waals surface area contributed by atoms with Gasteiger partial charge in [-0.05, 0) is 25.8 Å². The highest BCUT2D eigenvalue weighted by molar-refractivity contribution is 7.89. The summed E-state index contributed by atoms with van der Waals surface area (Å²) in [5, 5.41) is 6.86. The van der Waals surface area contributed by atoms with Crippen molar-refractivity contribution in [1.82, 2.24) is 20.2 Å². The Morgan fingerprint density at radius 2 is 1.93 bits per heavy atom. The first-order valence-corrected chi connectivity index (χ1v) is 12.4. The summed E-state index contributed by atoms with van der Waals surface area (Å²) >= 11 is 1.28. The van der Waals surface area contributed by atoms with Crippen LogP contribution >= 0.6 is 11.3 Å². The first-order chi connectivity index (χ1) is 13.9. The molecule has 2 heterocycles. The SMILES string of the molecule is CCc1nc(-c2cc(S(=O)(=O)NCC(=O)NC3CCCCCCC3)c(C)s2)no1. The van der Waals surface area contributed by atoms with Gasteiger partial charge in [0.25, 0.3) is 0 Å². The number of aryl methyl sites for hydroxylation is 2. The van der Waals surface area contributed by atoms with Crippen molar-refractivity contribution in [2.24, 2.45) is 0 Å². The highest BCUT2D eigenvalue weighted by Gasteiger charge is 2.23. The molecule has 0 atom stereocenters. The third-order valence-electron chi connectivity index (χ3n) is 5.05. The molecular weight excluding hydrogens is 412 g/mol. The first kappa shape index (κ1) is 21.9. The van der Waals surface area contributed by atoms with Crippen LogP contribution in [0.2, 0.25) is 0 Å². The van der Waals surface area contributed by atoms with Crippen LogP contribution in [-0.2, 0) is 21.2 Å². The van der Waals surface area contributed by atoms with Crippen LogP contribution in [-0.4, -0.2) is 37.1 Å². The largest absolute Gasteiger partial charge is 0.352 e. The van der Waals surface area contributed by atoms with E-state index in [9.17, 15) is 13.2 Å². The topological polar surface area (TPSA) is 114 Å². The monoisotopic (exact) mass is 440 g/mol. The second-order valence-corrected chi connectivity index (χ2v) is 10.3. The maximum absolute atomic E-state index is 12.7. The smallest absolute Gasteiger partial charge is 0.242 e. The molecule has 10 heteroatoms. The van der Waals surface area contributed by atoms with Gasteiger partial charge in [-0.3, -0.25) is 4.79 Å². The molecule has 1 saturated carbocycles.